The van der Waals surface area contributed by atoms with Crippen LogP contribution < -0.4 is 4.72 Å². The van der Waals surface area contributed by atoms with Crippen LogP contribution in [0.1, 0.15) is 50.4 Å². The molecule has 2 rings (SSSR count). The first-order chi connectivity index (χ1) is 10.9. The van der Waals surface area contributed by atoms with E-state index in [0.29, 0.717) is 0 Å². The maximum Gasteiger partial charge on any atom is 0.136 e. The maximum atomic E-state index is 12.2. The highest BCUT2D eigenvalue weighted by atomic mass is 32.2. The summed E-state index contributed by atoms with van der Waals surface area (Å²) in [5.41, 5.74) is 2.79. The number of hydrogen-bond acceptors (Lipinski definition) is 3. The Morgan fingerprint density at radius 3 is 2.39 bits per heavy atom. The topological polar surface area (TPSA) is 48.0 Å². The van der Waals surface area contributed by atoms with E-state index in [1.54, 1.807) is 12.4 Å². The van der Waals surface area contributed by atoms with E-state index in [-0.39, 0.29) is 10.8 Å². The van der Waals surface area contributed by atoms with Gasteiger partial charge in [-0.2, -0.15) is 0 Å². The number of benzene rings is 1. The van der Waals surface area contributed by atoms with Gasteiger partial charge in [-0.1, -0.05) is 30.0 Å². The van der Waals surface area contributed by atoms with E-state index in [4.69, 9.17) is 0 Å². The molecule has 1 heterocycles. The smallest absolute Gasteiger partial charge is 0.136 e. The molecule has 2 atom stereocenters. The molecular weight excluding hydrogens is 304 g/mol. The van der Waals surface area contributed by atoms with Crippen LogP contribution >= 0.6 is 0 Å². The SMILES string of the molecule is C[C@H](N[S@@+]([O-])C(C)(C)C)c1cncc(C#Cc2ccccc2)c1. The van der Waals surface area contributed by atoms with Crippen LogP contribution in [0.15, 0.2) is 48.8 Å². The van der Waals surface area contributed by atoms with Gasteiger partial charge in [-0.25, -0.2) is 0 Å². The minimum atomic E-state index is -1.12. The average molecular weight is 326 g/mol. The predicted molar refractivity (Wildman–Crippen MR) is 96.1 cm³/mol. The van der Waals surface area contributed by atoms with Crippen LogP contribution in [0.25, 0.3) is 0 Å². The summed E-state index contributed by atoms with van der Waals surface area (Å²) in [5.74, 6) is 6.25. The van der Waals surface area contributed by atoms with Crippen molar-refractivity contribution in [3.63, 3.8) is 0 Å². The van der Waals surface area contributed by atoms with Crippen LogP contribution in [-0.4, -0.2) is 14.3 Å². The number of hydrogen-bond donors (Lipinski definition) is 1. The third kappa shape index (κ3) is 5.40. The monoisotopic (exact) mass is 326 g/mol. The Morgan fingerprint density at radius 1 is 1.09 bits per heavy atom. The molecule has 0 amide bonds. The summed E-state index contributed by atoms with van der Waals surface area (Å²) in [6.07, 6.45) is 3.53. The van der Waals surface area contributed by atoms with Gasteiger partial charge < -0.3 is 4.55 Å². The van der Waals surface area contributed by atoms with Crippen LogP contribution in [0.5, 0.6) is 0 Å². The largest absolute Gasteiger partial charge is 0.598 e. The third-order valence-electron chi connectivity index (χ3n) is 3.22. The molecule has 23 heavy (non-hydrogen) atoms. The van der Waals surface area contributed by atoms with Crippen LogP contribution in [0.2, 0.25) is 0 Å². The lowest BCUT2D eigenvalue weighted by atomic mass is 10.1. The molecule has 0 radical (unpaired) electrons. The second-order valence-corrected chi connectivity index (χ2v) is 8.34. The Morgan fingerprint density at radius 2 is 1.74 bits per heavy atom. The van der Waals surface area contributed by atoms with Gasteiger partial charge in [-0.3, -0.25) is 4.98 Å². The Balaban J connectivity index is 2.12. The fourth-order valence-corrected chi connectivity index (χ4v) is 2.64. The van der Waals surface area contributed by atoms with Crippen molar-refractivity contribution in [1.82, 2.24) is 9.71 Å². The molecule has 2 aromatic rings. The molecule has 0 aliphatic carbocycles. The zero-order chi connectivity index (χ0) is 16.9. The molecule has 0 saturated heterocycles. The fourth-order valence-electron chi connectivity index (χ4n) is 1.83. The predicted octanol–water partition coefficient (Wildman–Crippen LogP) is 3.59. The summed E-state index contributed by atoms with van der Waals surface area (Å²) in [5, 5.41) is 0. The lowest BCUT2D eigenvalue weighted by Gasteiger charge is -2.26. The minimum Gasteiger partial charge on any atom is -0.598 e. The van der Waals surface area contributed by atoms with Gasteiger partial charge in [0, 0.05) is 34.9 Å². The zero-order valence-electron chi connectivity index (χ0n) is 14.0. The first-order valence-electron chi connectivity index (χ1n) is 7.56. The van der Waals surface area contributed by atoms with Crippen molar-refractivity contribution in [3.05, 3.63) is 65.5 Å². The Bertz CT molecular complexity index is 699. The van der Waals surface area contributed by atoms with Crippen LogP contribution in [-0.2, 0) is 11.4 Å². The van der Waals surface area contributed by atoms with Gasteiger partial charge >= 0.3 is 0 Å². The molecule has 0 aliphatic heterocycles. The van der Waals surface area contributed by atoms with Crippen LogP contribution in [0.4, 0.5) is 0 Å². The van der Waals surface area contributed by atoms with E-state index < -0.39 is 11.4 Å². The first kappa shape index (κ1) is 17.6. The lowest BCUT2D eigenvalue weighted by molar-refractivity contribution is 0.531. The van der Waals surface area contributed by atoms with Crippen molar-refractivity contribution >= 4 is 11.4 Å². The van der Waals surface area contributed by atoms with Gasteiger partial charge in [-0.15, -0.1) is 4.72 Å². The van der Waals surface area contributed by atoms with E-state index in [1.165, 1.54) is 0 Å². The highest BCUT2D eigenvalue weighted by Gasteiger charge is 2.28. The minimum absolute atomic E-state index is 0.0546. The van der Waals surface area contributed by atoms with Gasteiger partial charge in [0.15, 0.2) is 0 Å². The molecule has 1 aromatic carbocycles. The summed E-state index contributed by atoms with van der Waals surface area (Å²) < 4.78 is 15.0. The van der Waals surface area contributed by atoms with Crippen molar-refractivity contribution in [2.45, 2.75) is 38.5 Å². The number of nitrogens with one attached hydrogen (secondary N) is 1. The van der Waals surface area contributed by atoms with Gasteiger partial charge in [0.25, 0.3) is 0 Å². The second kappa shape index (κ2) is 7.65. The van der Waals surface area contributed by atoms with Crippen molar-refractivity contribution < 1.29 is 4.55 Å². The Labute approximate surface area is 141 Å². The maximum absolute atomic E-state index is 12.2. The summed E-state index contributed by atoms with van der Waals surface area (Å²) in [4.78, 5) is 4.25. The molecule has 0 aliphatic rings. The average Bonchev–Trinajstić information content (AvgIpc) is 2.53. The standard InChI is InChI=1S/C19H22N2OS/c1-15(21-23(22)19(2,3)4)18-12-17(13-20-14-18)11-10-16-8-6-5-7-9-16/h5-9,12-15,21H,1-4H3/t15-,23-/m0/s1. The zero-order valence-corrected chi connectivity index (χ0v) is 14.8. The molecule has 0 spiro atoms. The highest BCUT2D eigenvalue weighted by Crippen LogP contribution is 2.19. The molecule has 3 nitrogen and oxygen atoms in total. The Kier molecular flexibility index (Phi) is 5.84. The molecule has 0 bridgehead atoms. The lowest BCUT2D eigenvalue weighted by Crippen LogP contribution is -2.40. The molecule has 0 saturated carbocycles. The Hall–Kier alpha value is -1.80. The number of nitrogens with zero attached hydrogens (tertiary/aromatic N) is 1. The van der Waals surface area contributed by atoms with Crippen molar-refractivity contribution in [3.8, 4) is 11.8 Å². The molecule has 0 fully saturated rings. The first-order valence-corrected chi connectivity index (χ1v) is 8.71. The third-order valence-corrected chi connectivity index (χ3v) is 4.90. The van der Waals surface area contributed by atoms with Crippen molar-refractivity contribution in [1.29, 1.82) is 0 Å². The number of aromatic nitrogens is 1. The van der Waals surface area contributed by atoms with Gasteiger partial charge in [0.2, 0.25) is 0 Å². The van der Waals surface area contributed by atoms with E-state index >= 15 is 0 Å². The van der Waals surface area contributed by atoms with Gasteiger partial charge in [0.1, 0.15) is 4.75 Å². The molecule has 1 aromatic heterocycles. The van der Waals surface area contributed by atoms with Crippen molar-refractivity contribution in [2.75, 3.05) is 0 Å². The summed E-state index contributed by atoms with van der Waals surface area (Å²) in [6.45, 7) is 7.82. The molecule has 0 unspecified atom stereocenters. The van der Waals surface area contributed by atoms with E-state index in [1.807, 2.05) is 64.1 Å². The summed E-state index contributed by atoms with van der Waals surface area (Å²) >= 11 is -1.12. The molecular formula is C19H22N2OS. The second-order valence-electron chi connectivity index (χ2n) is 6.34. The molecule has 4 heteroatoms. The molecule has 120 valence electrons. The van der Waals surface area contributed by atoms with E-state index in [9.17, 15) is 4.55 Å². The highest BCUT2D eigenvalue weighted by molar-refractivity contribution is 7.90. The van der Waals surface area contributed by atoms with Crippen LogP contribution in [0, 0.1) is 11.8 Å². The normalized spacial score (nSPS) is 13.8. The van der Waals surface area contributed by atoms with E-state index in [0.717, 1.165) is 16.7 Å². The number of pyridine rings is 1. The van der Waals surface area contributed by atoms with E-state index in [2.05, 4.69) is 21.5 Å². The van der Waals surface area contributed by atoms with Gasteiger partial charge in [-0.05, 0) is 51.5 Å². The molecule has 1 N–H and O–H groups in total. The van der Waals surface area contributed by atoms with Crippen molar-refractivity contribution in [2.24, 2.45) is 0 Å². The van der Waals surface area contributed by atoms with Gasteiger partial charge in [0.05, 0.1) is 6.04 Å². The fraction of sp³-hybridized carbons (Fsp3) is 0.316. The summed E-state index contributed by atoms with van der Waals surface area (Å²) in [7, 11) is 0. The number of rotatable bonds is 3. The summed E-state index contributed by atoms with van der Waals surface area (Å²) in [6, 6.07) is 11.8. The van der Waals surface area contributed by atoms with Crippen LogP contribution in [0.3, 0.4) is 0 Å². The quantitative estimate of drug-likeness (QED) is 0.692.